The zero-order chi connectivity index (χ0) is 10.7. The van der Waals surface area contributed by atoms with Crippen LogP contribution in [0.2, 0.25) is 0 Å². The van der Waals surface area contributed by atoms with E-state index in [-0.39, 0.29) is 5.78 Å². The van der Waals surface area contributed by atoms with Crippen LogP contribution in [0.1, 0.15) is 23.2 Å². The Morgan fingerprint density at radius 3 is 2.93 bits per heavy atom. The van der Waals surface area contributed by atoms with E-state index in [1.165, 1.54) is 0 Å². The largest absolute Gasteiger partial charge is 0.316 e. The molecular weight excluding hydrogens is 254 g/mol. The fraction of sp³-hybridized carbons (Fsp3) is 0.417. The third-order valence-corrected chi connectivity index (χ3v) is 3.50. The Morgan fingerprint density at radius 2 is 2.27 bits per heavy atom. The number of hydrogen-bond acceptors (Lipinski definition) is 2. The van der Waals surface area contributed by atoms with E-state index in [2.05, 4.69) is 21.2 Å². The molecule has 1 aliphatic heterocycles. The van der Waals surface area contributed by atoms with Gasteiger partial charge in [-0.15, -0.1) is 0 Å². The van der Waals surface area contributed by atoms with E-state index in [1.807, 2.05) is 24.3 Å². The van der Waals surface area contributed by atoms with Crippen LogP contribution in [0.5, 0.6) is 0 Å². The molecule has 1 unspecified atom stereocenters. The van der Waals surface area contributed by atoms with Crippen molar-refractivity contribution in [3.05, 3.63) is 34.3 Å². The maximum atomic E-state index is 12.0. The molecule has 0 bridgehead atoms. The van der Waals surface area contributed by atoms with Gasteiger partial charge in [-0.05, 0) is 31.5 Å². The summed E-state index contributed by atoms with van der Waals surface area (Å²) < 4.78 is 0.904. The molecule has 1 atom stereocenters. The Bertz CT molecular complexity index is 358. The van der Waals surface area contributed by atoms with Crippen molar-refractivity contribution in [2.24, 2.45) is 5.92 Å². The maximum absolute atomic E-state index is 12.0. The second kappa shape index (κ2) is 4.90. The van der Waals surface area contributed by atoms with Crippen LogP contribution in [0.25, 0.3) is 0 Å². The zero-order valence-electron chi connectivity index (χ0n) is 8.50. The molecule has 3 heteroatoms. The number of benzene rings is 1. The van der Waals surface area contributed by atoms with Gasteiger partial charge in [0.15, 0.2) is 5.78 Å². The number of carbonyl (C=O) groups is 1. The summed E-state index contributed by atoms with van der Waals surface area (Å²) in [5.74, 6) is 0.765. The van der Waals surface area contributed by atoms with Crippen molar-refractivity contribution in [3.63, 3.8) is 0 Å². The highest BCUT2D eigenvalue weighted by Crippen LogP contribution is 2.21. The summed E-state index contributed by atoms with van der Waals surface area (Å²) >= 11 is 3.41. The van der Waals surface area contributed by atoms with Gasteiger partial charge >= 0.3 is 0 Å². The molecule has 0 aliphatic carbocycles. The molecule has 0 saturated carbocycles. The summed E-state index contributed by atoms with van der Waals surface area (Å²) in [5.41, 5.74) is 0.810. The van der Waals surface area contributed by atoms with Crippen molar-refractivity contribution in [1.82, 2.24) is 5.32 Å². The first-order valence-electron chi connectivity index (χ1n) is 5.26. The van der Waals surface area contributed by atoms with Gasteiger partial charge in [-0.2, -0.15) is 0 Å². The number of hydrogen-bond donors (Lipinski definition) is 1. The molecule has 0 spiro atoms. The standard InChI is InChI=1S/C12H14BrNO/c13-11-4-2-1-3-10(11)12(15)7-9-5-6-14-8-9/h1-4,9,14H,5-8H2. The van der Waals surface area contributed by atoms with Gasteiger partial charge in [-0.3, -0.25) is 4.79 Å². The van der Waals surface area contributed by atoms with Crippen molar-refractivity contribution in [2.75, 3.05) is 13.1 Å². The lowest BCUT2D eigenvalue weighted by molar-refractivity contribution is 0.0964. The Morgan fingerprint density at radius 1 is 1.47 bits per heavy atom. The minimum atomic E-state index is 0.246. The zero-order valence-corrected chi connectivity index (χ0v) is 10.1. The highest BCUT2D eigenvalue weighted by atomic mass is 79.9. The Balaban J connectivity index is 2.04. The summed E-state index contributed by atoms with van der Waals surface area (Å²) in [6.07, 6.45) is 1.78. The van der Waals surface area contributed by atoms with E-state index in [0.717, 1.165) is 29.5 Å². The monoisotopic (exact) mass is 267 g/mol. The van der Waals surface area contributed by atoms with Gasteiger partial charge < -0.3 is 5.32 Å². The van der Waals surface area contributed by atoms with Crippen LogP contribution in [0.3, 0.4) is 0 Å². The van der Waals surface area contributed by atoms with Crippen molar-refractivity contribution in [1.29, 1.82) is 0 Å². The second-order valence-electron chi connectivity index (χ2n) is 3.97. The number of ketones is 1. The average Bonchev–Trinajstić information content (AvgIpc) is 2.71. The van der Waals surface area contributed by atoms with Crippen LogP contribution in [0, 0.1) is 5.92 Å². The van der Waals surface area contributed by atoms with Crippen LogP contribution in [-0.4, -0.2) is 18.9 Å². The third-order valence-electron chi connectivity index (χ3n) is 2.81. The molecule has 1 saturated heterocycles. The Hall–Kier alpha value is -0.670. The second-order valence-corrected chi connectivity index (χ2v) is 4.82. The molecule has 2 rings (SSSR count). The highest BCUT2D eigenvalue weighted by Gasteiger charge is 2.19. The van der Waals surface area contributed by atoms with Gasteiger partial charge in [-0.1, -0.05) is 34.1 Å². The van der Waals surface area contributed by atoms with Crippen LogP contribution in [0.15, 0.2) is 28.7 Å². The molecule has 1 N–H and O–H groups in total. The minimum Gasteiger partial charge on any atom is -0.316 e. The lowest BCUT2D eigenvalue weighted by atomic mass is 9.98. The fourth-order valence-corrected chi connectivity index (χ4v) is 2.45. The summed E-state index contributed by atoms with van der Waals surface area (Å²) in [4.78, 5) is 12.0. The lowest BCUT2D eigenvalue weighted by Gasteiger charge is -2.08. The molecule has 1 aromatic rings. The summed E-state index contributed by atoms with van der Waals surface area (Å²) in [5, 5.41) is 3.28. The number of rotatable bonds is 3. The molecule has 0 aromatic heterocycles. The Kier molecular flexibility index (Phi) is 3.54. The van der Waals surface area contributed by atoms with E-state index in [1.54, 1.807) is 0 Å². The summed E-state index contributed by atoms with van der Waals surface area (Å²) in [6.45, 7) is 2.03. The first-order chi connectivity index (χ1) is 7.27. The molecule has 80 valence electrons. The van der Waals surface area contributed by atoms with Gasteiger partial charge in [0, 0.05) is 16.5 Å². The van der Waals surface area contributed by atoms with E-state index in [0.29, 0.717) is 12.3 Å². The number of halogens is 1. The molecule has 0 radical (unpaired) electrons. The van der Waals surface area contributed by atoms with Gasteiger partial charge in [0.25, 0.3) is 0 Å². The molecular formula is C12H14BrNO. The van der Waals surface area contributed by atoms with E-state index in [9.17, 15) is 4.79 Å². The smallest absolute Gasteiger partial charge is 0.164 e. The average molecular weight is 268 g/mol. The molecule has 1 fully saturated rings. The van der Waals surface area contributed by atoms with Crippen molar-refractivity contribution >= 4 is 21.7 Å². The first-order valence-corrected chi connectivity index (χ1v) is 6.05. The van der Waals surface area contributed by atoms with Crippen molar-refractivity contribution < 1.29 is 4.79 Å². The molecule has 1 aromatic carbocycles. The first kappa shape index (κ1) is 10.8. The van der Waals surface area contributed by atoms with Gasteiger partial charge in [0.2, 0.25) is 0 Å². The number of nitrogens with one attached hydrogen (secondary N) is 1. The van der Waals surface area contributed by atoms with Crippen LogP contribution in [-0.2, 0) is 0 Å². The SMILES string of the molecule is O=C(CC1CCNC1)c1ccccc1Br. The fourth-order valence-electron chi connectivity index (χ4n) is 1.95. The molecule has 1 heterocycles. The maximum Gasteiger partial charge on any atom is 0.164 e. The van der Waals surface area contributed by atoms with E-state index >= 15 is 0 Å². The molecule has 2 nitrogen and oxygen atoms in total. The van der Waals surface area contributed by atoms with Crippen LogP contribution >= 0.6 is 15.9 Å². The molecule has 1 aliphatic rings. The minimum absolute atomic E-state index is 0.246. The predicted molar refractivity (Wildman–Crippen MR) is 64.1 cm³/mol. The Labute approximate surface area is 98.2 Å². The topological polar surface area (TPSA) is 29.1 Å². The van der Waals surface area contributed by atoms with Crippen molar-refractivity contribution in [2.45, 2.75) is 12.8 Å². The lowest BCUT2D eigenvalue weighted by Crippen LogP contribution is -2.13. The van der Waals surface area contributed by atoms with Gasteiger partial charge in [-0.25, -0.2) is 0 Å². The normalized spacial score (nSPS) is 20.5. The highest BCUT2D eigenvalue weighted by molar-refractivity contribution is 9.10. The predicted octanol–water partition coefficient (Wildman–Crippen LogP) is 2.63. The third kappa shape index (κ3) is 2.67. The summed E-state index contributed by atoms with van der Waals surface area (Å²) in [7, 11) is 0. The van der Waals surface area contributed by atoms with E-state index in [4.69, 9.17) is 0 Å². The quantitative estimate of drug-likeness (QED) is 0.854. The van der Waals surface area contributed by atoms with E-state index < -0.39 is 0 Å². The number of Topliss-reactive ketones (excluding diaryl/α,β-unsaturated/α-hetero) is 1. The number of carbonyl (C=O) groups excluding carboxylic acids is 1. The molecule has 15 heavy (non-hydrogen) atoms. The van der Waals surface area contributed by atoms with Gasteiger partial charge in [0.1, 0.15) is 0 Å². The van der Waals surface area contributed by atoms with Crippen molar-refractivity contribution in [3.8, 4) is 0 Å². The van der Waals surface area contributed by atoms with Gasteiger partial charge in [0.05, 0.1) is 0 Å². The van der Waals surface area contributed by atoms with Crippen LogP contribution < -0.4 is 5.32 Å². The summed E-state index contributed by atoms with van der Waals surface area (Å²) in [6, 6.07) is 7.64. The molecule has 0 amide bonds. The van der Waals surface area contributed by atoms with Crippen LogP contribution in [0.4, 0.5) is 0 Å².